The van der Waals surface area contributed by atoms with E-state index in [0.29, 0.717) is 13.1 Å². The number of hydrogen-bond donors (Lipinski definition) is 3. The van der Waals surface area contributed by atoms with Crippen molar-refractivity contribution in [1.29, 1.82) is 0 Å². The number of carboxylic acid groups (broad SMARTS) is 1. The summed E-state index contributed by atoms with van der Waals surface area (Å²) in [6, 6.07) is -1.20. The minimum Gasteiger partial charge on any atom is -0.480 e. The Balaban J connectivity index is 2.40. The van der Waals surface area contributed by atoms with Gasteiger partial charge in [-0.3, -0.25) is 4.79 Å². The van der Waals surface area contributed by atoms with Gasteiger partial charge >= 0.3 is 5.97 Å². The summed E-state index contributed by atoms with van der Waals surface area (Å²) in [6.07, 6.45) is 0.839. The highest BCUT2D eigenvalue weighted by molar-refractivity contribution is 7.87. The molecule has 0 bridgehead atoms. The minimum absolute atomic E-state index is 0.284. The predicted octanol–water partition coefficient (Wildman–Crippen LogP) is -2.06. The van der Waals surface area contributed by atoms with E-state index in [4.69, 9.17) is 10.8 Å². The Morgan fingerprint density at radius 2 is 2.14 bits per heavy atom. The quantitative estimate of drug-likeness (QED) is 0.496. The molecule has 0 spiro atoms. The molecule has 1 aliphatic rings. The molecule has 0 aromatic carbocycles. The first kappa shape index (κ1) is 11.4. The van der Waals surface area contributed by atoms with Crippen molar-refractivity contribution < 1.29 is 18.3 Å². The summed E-state index contributed by atoms with van der Waals surface area (Å²) in [6.45, 7) is 0.684. The van der Waals surface area contributed by atoms with Gasteiger partial charge in [-0.25, -0.2) is 0 Å². The summed E-state index contributed by atoms with van der Waals surface area (Å²) in [5.41, 5.74) is 5.14. The summed E-state index contributed by atoms with van der Waals surface area (Å²) < 4.78 is 26.0. The zero-order valence-electron chi connectivity index (χ0n) is 7.51. The van der Waals surface area contributed by atoms with Gasteiger partial charge in [0.25, 0.3) is 10.2 Å². The number of nitrogens with two attached hydrogens (primary N) is 1. The molecule has 1 atom stereocenters. The van der Waals surface area contributed by atoms with E-state index in [0.717, 1.165) is 6.42 Å². The van der Waals surface area contributed by atoms with Crippen LogP contribution in [0.1, 0.15) is 6.42 Å². The lowest BCUT2D eigenvalue weighted by Crippen LogP contribution is -2.51. The summed E-state index contributed by atoms with van der Waals surface area (Å²) in [7, 11) is -3.51. The molecule has 1 heterocycles. The van der Waals surface area contributed by atoms with Gasteiger partial charge in [-0.1, -0.05) is 0 Å². The number of hydrogen-bond acceptors (Lipinski definition) is 4. The first-order valence-corrected chi connectivity index (χ1v) is 5.60. The van der Waals surface area contributed by atoms with E-state index in [9.17, 15) is 13.2 Å². The molecule has 0 aromatic heterocycles. The molecule has 1 rings (SSSR count). The average Bonchev–Trinajstić information content (AvgIpc) is 1.95. The summed E-state index contributed by atoms with van der Waals surface area (Å²) in [5.74, 6) is -1.23. The fourth-order valence-corrected chi connectivity index (χ4v) is 2.21. The molecular weight excluding hydrogens is 210 g/mol. The molecule has 0 aromatic rings. The SMILES string of the molecule is N[C@@H](CNS(=O)(=O)N1CCC1)C(=O)O. The van der Waals surface area contributed by atoms with Crippen LogP contribution in [0.3, 0.4) is 0 Å². The number of aliphatic carboxylic acids is 1. The third-order valence-corrected chi connectivity index (χ3v) is 3.53. The van der Waals surface area contributed by atoms with Crippen molar-refractivity contribution in [2.75, 3.05) is 19.6 Å². The van der Waals surface area contributed by atoms with Crippen molar-refractivity contribution >= 4 is 16.2 Å². The number of carbonyl (C=O) groups is 1. The van der Waals surface area contributed by atoms with Gasteiger partial charge in [0.15, 0.2) is 0 Å². The van der Waals surface area contributed by atoms with Crippen molar-refractivity contribution in [3.63, 3.8) is 0 Å². The molecule has 4 N–H and O–H groups in total. The van der Waals surface area contributed by atoms with Crippen LogP contribution in [0.25, 0.3) is 0 Å². The molecule has 0 unspecified atom stereocenters. The molecule has 0 radical (unpaired) electrons. The summed E-state index contributed by atoms with van der Waals surface area (Å²) in [4.78, 5) is 10.3. The fraction of sp³-hybridized carbons (Fsp3) is 0.833. The van der Waals surface area contributed by atoms with Gasteiger partial charge in [0, 0.05) is 19.6 Å². The van der Waals surface area contributed by atoms with Crippen LogP contribution in [0.15, 0.2) is 0 Å². The molecule has 8 heteroatoms. The Hall–Kier alpha value is -0.700. The Morgan fingerprint density at radius 1 is 1.57 bits per heavy atom. The van der Waals surface area contributed by atoms with Crippen LogP contribution in [0.4, 0.5) is 0 Å². The van der Waals surface area contributed by atoms with Crippen molar-refractivity contribution in [3.05, 3.63) is 0 Å². The maximum Gasteiger partial charge on any atom is 0.321 e. The maximum absolute atomic E-state index is 11.3. The standard InChI is InChI=1S/C6H13N3O4S/c7-5(6(10)11)4-8-14(12,13)9-2-1-3-9/h5,8H,1-4,7H2,(H,10,11)/t5-/m0/s1. The Kier molecular flexibility index (Phi) is 3.43. The lowest BCUT2D eigenvalue weighted by Gasteiger charge is -2.29. The third kappa shape index (κ3) is 2.64. The van der Waals surface area contributed by atoms with E-state index in [1.165, 1.54) is 4.31 Å². The molecule has 82 valence electrons. The first-order chi connectivity index (χ1) is 6.43. The lowest BCUT2D eigenvalue weighted by molar-refractivity contribution is -0.138. The lowest BCUT2D eigenvalue weighted by atomic mass is 10.3. The van der Waals surface area contributed by atoms with Crippen molar-refractivity contribution in [1.82, 2.24) is 9.03 Å². The van der Waals surface area contributed by atoms with Crippen LogP contribution in [0, 0.1) is 0 Å². The monoisotopic (exact) mass is 223 g/mol. The van der Waals surface area contributed by atoms with Crippen LogP contribution in [-0.2, 0) is 15.0 Å². The smallest absolute Gasteiger partial charge is 0.321 e. The van der Waals surface area contributed by atoms with Gasteiger partial charge in [0.05, 0.1) is 0 Å². The second-order valence-corrected chi connectivity index (χ2v) is 4.81. The van der Waals surface area contributed by atoms with Crippen molar-refractivity contribution in [2.24, 2.45) is 5.73 Å². The van der Waals surface area contributed by atoms with Crippen LogP contribution < -0.4 is 10.5 Å². The Bertz CT molecular complexity index is 311. The van der Waals surface area contributed by atoms with E-state index in [1.54, 1.807) is 0 Å². The van der Waals surface area contributed by atoms with Crippen LogP contribution in [-0.4, -0.2) is 49.5 Å². The molecule has 0 amide bonds. The first-order valence-electron chi connectivity index (χ1n) is 4.16. The topological polar surface area (TPSA) is 113 Å². The minimum atomic E-state index is -3.51. The fourth-order valence-electron chi connectivity index (χ4n) is 0.901. The van der Waals surface area contributed by atoms with Gasteiger partial charge in [-0.15, -0.1) is 0 Å². The summed E-state index contributed by atoms with van der Waals surface area (Å²) in [5, 5.41) is 8.42. The van der Waals surface area contributed by atoms with Crippen LogP contribution >= 0.6 is 0 Å². The van der Waals surface area contributed by atoms with E-state index in [1.807, 2.05) is 0 Å². The Labute approximate surface area is 82.1 Å². The second kappa shape index (κ2) is 4.22. The molecule has 0 saturated carbocycles. The number of rotatable bonds is 5. The number of nitrogens with one attached hydrogen (secondary N) is 1. The number of nitrogens with zero attached hydrogens (tertiary/aromatic N) is 1. The van der Waals surface area contributed by atoms with Crippen LogP contribution in [0.5, 0.6) is 0 Å². The molecule has 1 aliphatic heterocycles. The average molecular weight is 223 g/mol. The van der Waals surface area contributed by atoms with E-state index >= 15 is 0 Å². The van der Waals surface area contributed by atoms with E-state index in [-0.39, 0.29) is 6.54 Å². The highest BCUT2D eigenvalue weighted by Crippen LogP contribution is 2.09. The van der Waals surface area contributed by atoms with Crippen molar-refractivity contribution in [3.8, 4) is 0 Å². The van der Waals surface area contributed by atoms with Crippen LogP contribution in [0.2, 0.25) is 0 Å². The Morgan fingerprint density at radius 3 is 2.50 bits per heavy atom. The maximum atomic E-state index is 11.3. The van der Waals surface area contributed by atoms with E-state index < -0.39 is 22.2 Å². The predicted molar refractivity (Wildman–Crippen MR) is 48.7 cm³/mol. The van der Waals surface area contributed by atoms with Gasteiger partial charge in [0.2, 0.25) is 0 Å². The van der Waals surface area contributed by atoms with Gasteiger partial charge in [-0.05, 0) is 6.42 Å². The van der Waals surface area contributed by atoms with Gasteiger partial charge < -0.3 is 10.8 Å². The normalized spacial score (nSPS) is 20.1. The molecule has 1 saturated heterocycles. The highest BCUT2D eigenvalue weighted by Gasteiger charge is 2.28. The molecular formula is C6H13N3O4S. The summed E-state index contributed by atoms with van der Waals surface area (Å²) >= 11 is 0. The number of carboxylic acids is 1. The zero-order chi connectivity index (χ0) is 10.8. The largest absolute Gasteiger partial charge is 0.480 e. The zero-order valence-corrected chi connectivity index (χ0v) is 8.33. The molecule has 1 fully saturated rings. The second-order valence-electron chi connectivity index (χ2n) is 3.05. The molecule has 7 nitrogen and oxygen atoms in total. The van der Waals surface area contributed by atoms with Gasteiger partial charge in [0.1, 0.15) is 6.04 Å². The highest BCUT2D eigenvalue weighted by atomic mass is 32.2. The van der Waals surface area contributed by atoms with Crippen molar-refractivity contribution in [2.45, 2.75) is 12.5 Å². The molecule has 14 heavy (non-hydrogen) atoms. The molecule has 0 aliphatic carbocycles. The van der Waals surface area contributed by atoms with E-state index in [2.05, 4.69) is 4.72 Å². The third-order valence-electron chi connectivity index (χ3n) is 1.96. The van der Waals surface area contributed by atoms with Gasteiger partial charge in [-0.2, -0.15) is 17.4 Å².